The highest BCUT2D eigenvalue weighted by molar-refractivity contribution is 5.97. The second-order valence-corrected chi connectivity index (χ2v) is 4.06. The van der Waals surface area contributed by atoms with Crippen molar-refractivity contribution in [2.75, 3.05) is 12.4 Å². The molecule has 1 unspecified atom stereocenters. The number of aryl methyl sites for hydroxylation is 1. The molecular weight excluding hydrogens is 246 g/mol. The second kappa shape index (κ2) is 5.62. The lowest BCUT2D eigenvalue weighted by atomic mass is 10.1. The van der Waals surface area contributed by atoms with E-state index in [4.69, 9.17) is 9.26 Å². The van der Waals surface area contributed by atoms with Crippen LogP contribution in [-0.4, -0.2) is 29.3 Å². The Kier molecular flexibility index (Phi) is 3.91. The van der Waals surface area contributed by atoms with Crippen molar-refractivity contribution in [3.8, 4) is 11.5 Å². The first kappa shape index (κ1) is 13.2. The summed E-state index contributed by atoms with van der Waals surface area (Å²) in [6.07, 6.45) is -0.530. The van der Waals surface area contributed by atoms with E-state index in [1.807, 2.05) is 12.1 Å². The Morgan fingerprint density at radius 2 is 2.16 bits per heavy atom. The highest BCUT2D eigenvalue weighted by Gasteiger charge is 2.16. The van der Waals surface area contributed by atoms with E-state index in [-0.39, 0.29) is 5.91 Å². The maximum atomic E-state index is 11.8. The largest absolute Gasteiger partial charge is 0.372 e. The van der Waals surface area contributed by atoms with Gasteiger partial charge in [0.25, 0.3) is 11.8 Å². The van der Waals surface area contributed by atoms with E-state index in [0.29, 0.717) is 23.0 Å². The molecule has 0 saturated carbocycles. The number of aromatic nitrogens is 2. The van der Waals surface area contributed by atoms with E-state index >= 15 is 0 Å². The molecule has 6 heteroatoms. The number of hydrogen-bond donors (Lipinski definition) is 1. The standard InChI is InChI=1S/C13H15N3O3/c1-8(18-3)12(17)15-11-7-5-4-6-10(11)13-14-9(2)16-19-13/h4-8H,1-3H3,(H,15,17). The average molecular weight is 261 g/mol. The summed E-state index contributed by atoms with van der Waals surface area (Å²) in [6, 6.07) is 7.24. The van der Waals surface area contributed by atoms with Gasteiger partial charge in [0.2, 0.25) is 0 Å². The molecule has 0 aliphatic carbocycles. The van der Waals surface area contributed by atoms with Gasteiger partial charge in [-0.2, -0.15) is 4.98 Å². The van der Waals surface area contributed by atoms with Crippen molar-refractivity contribution in [3.05, 3.63) is 30.1 Å². The van der Waals surface area contributed by atoms with E-state index in [9.17, 15) is 4.79 Å². The van der Waals surface area contributed by atoms with Crippen molar-refractivity contribution in [1.82, 2.24) is 10.1 Å². The fourth-order valence-corrected chi connectivity index (χ4v) is 1.53. The maximum absolute atomic E-state index is 11.8. The SMILES string of the molecule is COC(C)C(=O)Nc1ccccc1-c1nc(C)no1. The highest BCUT2D eigenvalue weighted by Crippen LogP contribution is 2.26. The molecule has 0 radical (unpaired) electrons. The number of benzene rings is 1. The molecule has 1 atom stereocenters. The molecule has 2 rings (SSSR count). The first-order valence-electron chi connectivity index (χ1n) is 5.85. The number of rotatable bonds is 4. The molecule has 2 aromatic rings. The molecule has 100 valence electrons. The number of carbonyl (C=O) groups excluding carboxylic acids is 1. The van der Waals surface area contributed by atoms with Crippen LogP contribution in [0.5, 0.6) is 0 Å². The number of ether oxygens (including phenoxy) is 1. The van der Waals surface area contributed by atoms with Crippen LogP contribution in [0, 0.1) is 6.92 Å². The van der Waals surface area contributed by atoms with E-state index in [1.54, 1.807) is 26.0 Å². The van der Waals surface area contributed by atoms with Gasteiger partial charge in [-0.25, -0.2) is 0 Å². The summed E-state index contributed by atoms with van der Waals surface area (Å²) in [7, 11) is 1.48. The van der Waals surface area contributed by atoms with Crippen LogP contribution in [0.3, 0.4) is 0 Å². The van der Waals surface area contributed by atoms with Gasteiger partial charge in [-0.05, 0) is 26.0 Å². The fourth-order valence-electron chi connectivity index (χ4n) is 1.53. The molecule has 0 fully saturated rings. The topological polar surface area (TPSA) is 77.2 Å². The zero-order valence-electron chi connectivity index (χ0n) is 11.0. The molecule has 1 amide bonds. The summed E-state index contributed by atoms with van der Waals surface area (Å²) >= 11 is 0. The van der Waals surface area contributed by atoms with Gasteiger partial charge in [0.1, 0.15) is 6.10 Å². The molecule has 19 heavy (non-hydrogen) atoms. The van der Waals surface area contributed by atoms with Crippen molar-refractivity contribution < 1.29 is 14.1 Å². The van der Waals surface area contributed by atoms with Crippen LogP contribution >= 0.6 is 0 Å². The Morgan fingerprint density at radius 3 is 2.79 bits per heavy atom. The number of nitrogens with one attached hydrogen (secondary N) is 1. The molecule has 1 heterocycles. The number of methoxy groups -OCH3 is 1. The summed E-state index contributed by atoms with van der Waals surface area (Å²) in [4.78, 5) is 16.0. The Labute approximate surface area is 110 Å². The van der Waals surface area contributed by atoms with Gasteiger partial charge in [-0.1, -0.05) is 17.3 Å². The van der Waals surface area contributed by atoms with E-state index in [0.717, 1.165) is 0 Å². The van der Waals surface area contributed by atoms with Crippen LogP contribution in [-0.2, 0) is 9.53 Å². The maximum Gasteiger partial charge on any atom is 0.260 e. The average Bonchev–Trinajstić information content (AvgIpc) is 2.85. The molecule has 1 N–H and O–H groups in total. The Bertz CT molecular complexity index is 580. The van der Waals surface area contributed by atoms with Crippen LogP contribution in [0.15, 0.2) is 28.8 Å². The Morgan fingerprint density at radius 1 is 1.42 bits per heavy atom. The van der Waals surface area contributed by atoms with Gasteiger partial charge < -0.3 is 14.6 Å². The first-order chi connectivity index (χ1) is 9.11. The summed E-state index contributed by atoms with van der Waals surface area (Å²) < 4.78 is 10.1. The van der Waals surface area contributed by atoms with Crippen LogP contribution in [0.4, 0.5) is 5.69 Å². The van der Waals surface area contributed by atoms with Crippen LogP contribution in [0.25, 0.3) is 11.5 Å². The van der Waals surface area contributed by atoms with Crippen molar-refractivity contribution in [1.29, 1.82) is 0 Å². The van der Waals surface area contributed by atoms with Gasteiger partial charge in [0.15, 0.2) is 5.82 Å². The number of carbonyl (C=O) groups is 1. The van der Waals surface area contributed by atoms with Crippen LogP contribution in [0.1, 0.15) is 12.7 Å². The van der Waals surface area contributed by atoms with Gasteiger partial charge in [-0.3, -0.25) is 4.79 Å². The van der Waals surface area contributed by atoms with Crippen molar-refractivity contribution in [2.24, 2.45) is 0 Å². The molecule has 0 saturated heterocycles. The summed E-state index contributed by atoms with van der Waals surface area (Å²) in [5.74, 6) is 0.686. The third-order valence-electron chi connectivity index (χ3n) is 2.67. The molecular formula is C13H15N3O3. The van der Waals surface area contributed by atoms with Crippen molar-refractivity contribution in [3.63, 3.8) is 0 Å². The minimum absolute atomic E-state index is 0.230. The highest BCUT2D eigenvalue weighted by atomic mass is 16.5. The van der Waals surface area contributed by atoms with Gasteiger partial charge in [-0.15, -0.1) is 0 Å². The third-order valence-corrected chi connectivity index (χ3v) is 2.67. The molecule has 0 spiro atoms. The second-order valence-electron chi connectivity index (χ2n) is 4.06. The molecule has 1 aromatic heterocycles. The smallest absolute Gasteiger partial charge is 0.260 e. The predicted octanol–water partition coefficient (Wildman–Crippen LogP) is 2.02. The van der Waals surface area contributed by atoms with E-state index < -0.39 is 6.10 Å². The molecule has 0 aliphatic heterocycles. The zero-order valence-corrected chi connectivity index (χ0v) is 11.0. The molecule has 1 aromatic carbocycles. The number of nitrogens with zero attached hydrogens (tertiary/aromatic N) is 2. The molecule has 6 nitrogen and oxygen atoms in total. The lowest BCUT2D eigenvalue weighted by Crippen LogP contribution is -2.26. The van der Waals surface area contributed by atoms with Crippen molar-refractivity contribution >= 4 is 11.6 Å². The minimum atomic E-state index is -0.530. The first-order valence-corrected chi connectivity index (χ1v) is 5.85. The van der Waals surface area contributed by atoms with E-state index in [1.165, 1.54) is 7.11 Å². The minimum Gasteiger partial charge on any atom is -0.372 e. The fraction of sp³-hybridized carbons (Fsp3) is 0.308. The lowest BCUT2D eigenvalue weighted by molar-refractivity contribution is -0.124. The van der Waals surface area contributed by atoms with E-state index in [2.05, 4.69) is 15.5 Å². The van der Waals surface area contributed by atoms with Gasteiger partial charge >= 0.3 is 0 Å². The van der Waals surface area contributed by atoms with Gasteiger partial charge in [0, 0.05) is 7.11 Å². The summed E-state index contributed by atoms with van der Waals surface area (Å²) in [5, 5.41) is 6.52. The molecule has 0 aliphatic rings. The monoisotopic (exact) mass is 261 g/mol. The van der Waals surface area contributed by atoms with Crippen molar-refractivity contribution in [2.45, 2.75) is 20.0 Å². The summed E-state index contributed by atoms with van der Waals surface area (Å²) in [6.45, 7) is 3.41. The normalized spacial score (nSPS) is 12.2. The number of amides is 1. The Balaban J connectivity index is 2.29. The number of anilines is 1. The number of para-hydroxylation sites is 1. The van der Waals surface area contributed by atoms with Crippen LogP contribution < -0.4 is 5.32 Å². The van der Waals surface area contributed by atoms with Gasteiger partial charge in [0.05, 0.1) is 11.3 Å². The van der Waals surface area contributed by atoms with Crippen LogP contribution in [0.2, 0.25) is 0 Å². The lowest BCUT2D eigenvalue weighted by Gasteiger charge is -2.12. The predicted molar refractivity (Wildman–Crippen MR) is 69.6 cm³/mol. The summed E-state index contributed by atoms with van der Waals surface area (Å²) in [5.41, 5.74) is 1.29. The zero-order chi connectivity index (χ0) is 13.8. The number of hydrogen-bond acceptors (Lipinski definition) is 5. The molecule has 0 bridgehead atoms. The Hall–Kier alpha value is -2.21. The third kappa shape index (κ3) is 2.97. The quantitative estimate of drug-likeness (QED) is 0.911.